The number of carbonyl (C=O) groups is 6. The second-order valence-electron chi connectivity index (χ2n) is 16.1. The third-order valence-electron chi connectivity index (χ3n) is 10.5. The van der Waals surface area contributed by atoms with Crippen LogP contribution in [0.3, 0.4) is 0 Å². The number of aliphatic carboxylic acids is 4. The number of aliphatic hydroxyl groups excluding tert-OH is 2. The van der Waals surface area contributed by atoms with Gasteiger partial charge in [0.2, 0.25) is 5.91 Å². The maximum Gasteiger partial charge on any atom is 0.326 e. The van der Waals surface area contributed by atoms with Gasteiger partial charge in [-0.05, 0) is 68.4 Å². The van der Waals surface area contributed by atoms with E-state index < -0.39 is 42.5 Å². The molecule has 1 heterocycles. The molecule has 2 atom stereocenters. The Kier molecular flexibility index (Phi) is 26.8. The van der Waals surface area contributed by atoms with Gasteiger partial charge >= 0.3 is 29.9 Å². The van der Waals surface area contributed by atoms with Gasteiger partial charge in [-0.1, -0.05) is 44.6 Å². The van der Waals surface area contributed by atoms with Crippen LogP contribution >= 0.6 is 12.2 Å². The third-order valence-corrected chi connectivity index (χ3v) is 10.7. The molecule has 22 heteroatoms. The van der Waals surface area contributed by atoms with Gasteiger partial charge in [-0.3, -0.25) is 38.8 Å². The number of nitrogens with zero attached hydrogens (tertiary/aromatic N) is 4. The highest BCUT2D eigenvalue weighted by molar-refractivity contribution is 7.80. The molecule has 1 aromatic rings. The predicted molar refractivity (Wildman–Crippen MR) is 248 cm³/mol. The van der Waals surface area contributed by atoms with Crippen LogP contribution in [0.2, 0.25) is 0 Å². The number of hydrogen-bond donors (Lipinski definition) is 11. The molecule has 1 unspecified atom stereocenters. The van der Waals surface area contributed by atoms with Gasteiger partial charge < -0.3 is 57.2 Å². The molecular weight excluding hydrogens is 867 g/mol. The van der Waals surface area contributed by atoms with Crippen LogP contribution < -0.4 is 26.6 Å². The van der Waals surface area contributed by atoms with Crippen LogP contribution in [-0.4, -0.2) is 195 Å². The van der Waals surface area contributed by atoms with E-state index in [9.17, 15) is 54.3 Å². The Morgan fingerprint density at radius 1 is 0.646 bits per heavy atom. The summed E-state index contributed by atoms with van der Waals surface area (Å²) in [6.45, 7) is 10.3. The number of amides is 3. The van der Waals surface area contributed by atoms with Crippen LogP contribution in [0.15, 0.2) is 48.9 Å². The number of carboxylic acids is 4. The highest BCUT2D eigenvalue weighted by Crippen LogP contribution is 2.17. The first kappa shape index (κ1) is 55.6. The van der Waals surface area contributed by atoms with Crippen molar-refractivity contribution in [1.29, 1.82) is 0 Å². The molecule has 3 amide bonds. The molecule has 1 fully saturated rings. The SMILES string of the molecule is C=C(O)CN1CCN(CC(=O)O)CCN(CC(=O)O)C(Cc2ccc(NC(=S)NCCCCCCCC(=O)NCCCC[C@H](NC(=O)NCC(=O)O)C(=O)O)cc2)CN(CC(=C)O)CC1. The van der Waals surface area contributed by atoms with E-state index in [0.717, 1.165) is 43.4 Å². The van der Waals surface area contributed by atoms with E-state index in [0.29, 0.717) is 83.2 Å². The van der Waals surface area contributed by atoms with E-state index in [1.165, 1.54) is 0 Å². The molecular formula is C43H69N9O12S. The number of urea groups is 1. The van der Waals surface area contributed by atoms with Crippen LogP contribution in [0, 0.1) is 0 Å². The minimum Gasteiger partial charge on any atom is -0.512 e. The quantitative estimate of drug-likeness (QED) is 0.0325. The van der Waals surface area contributed by atoms with Gasteiger partial charge in [0.05, 0.1) is 37.7 Å². The number of carboxylic acid groups (broad SMARTS) is 4. The fourth-order valence-electron chi connectivity index (χ4n) is 7.22. The summed E-state index contributed by atoms with van der Waals surface area (Å²) in [7, 11) is 0. The molecule has 364 valence electrons. The molecule has 1 aliphatic heterocycles. The van der Waals surface area contributed by atoms with Crippen molar-refractivity contribution in [3.05, 3.63) is 54.5 Å². The van der Waals surface area contributed by atoms with Crippen LogP contribution in [0.4, 0.5) is 10.5 Å². The average Bonchev–Trinajstić information content (AvgIpc) is 3.21. The number of rotatable bonds is 28. The van der Waals surface area contributed by atoms with Gasteiger partial charge in [-0.2, -0.15) is 0 Å². The number of carbonyl (C=O) groups excluding carboxylic acids is 2. The van der Waals surface area contributed by atoms with Crippen LogP contribution in [-0.2, 0) is 30.4 Å². The topological polar surface area (TPSA) is 297 Å². The summed E-state index contributed by atoms with van der Waals surface area (Å²) in [6, 6.07) is 5.27. The summed E-state index contributed by atoms with van der Waals surface area (Å²) in [6.07, 6.45) is 6.29. The van der Waals surface area contributed by atoms with Crippen molar-refractivity contribution in [3.8, 4) is 0 Å². The molecule has 2 rings (SSSR count). The molecule has 0 bridgehead atoms. The van der Waals surface area contributed by atoms with Crippen molar-refractivity contribution < 1.29 is 59.4 Å². The van der Waals surface area contributed by atoms with Crippen molar-refractivity contribution in [2.75, 3.05) is 96.9 Å². The Hall–Kier alpha value is -5.55. The van der Waals surface area contributed by atoms with Crippen molar-refractivity contribution >= 4 is 58.8 Å². The monoisotopic (exact) mass is 935 g/mol. The Bertz CT molecular complexity index is 1720. The zero-order valence-corrected chi connectivity index (χ0v) is 38.0. The average molecular weight is 936 g/mol. The van der Waals surface area contributed by atoms with E-state index in [1.54, 1.807) is 4.90 Å². The summed E-state index contributed by atoms with van der Waals surface area (Å²) < 4.78 is 0. The minimum absolute atomic E-state index is 0.0195. The molecule has 1 aromatic carbocycles. The van der Waals surface area contributed by atoms with E-state index in [4.69, 9.17) is 17.3 Å². The number of benzene rings is 1. The van der Waals surface area contributed by atoms with E-state index in [1.807, 2.05) is 39.0 Å². The zero-order chi connectivity index (χ0) is 48.1. The molecule has 0 spiro atoms. The highest BCUT2D eigenvalue weighted by Gasteiger charge is 2.27. The Morgan fingerprint density at radius 2 is 1.20 bits per heavy atom. The first-order valence-electron chi connectivity index (χ1n) is 21.9. The van der Waals surface area contributed by atoms with Gasteiger partial charge in [0.15, 0.2) is 5.11 Å². The maximum atomic E-state index is 12.2. The molecule has 0 saturated carbocycles. The molecule has 1 saturated heterocycles. The van der Waals surface area contributed by atoms with Gasteiger partial charge in [0, 0.05) is 77.1 Å². The van der Waals surface area contributed by atoms with E-state index >= 15 is 0 Å². The first-order valence-corrected chi connectivity index (χ1v) is 22.3. The van der Waals surface area contributed by atoms with Gasteiger partial charge in [-0.25, -0.2) is 9.59 Å². The number of aliphatic hydroxyl groups is 2. The van der Waals surface area contributed by atoms with Crippen LogP contribution in [0.25, 0.3) is 0 Å². The molecule has 11 N–H and O–H groups in total. The number of hydrogen-bond acceptors (Lipinski definition) is 13. The lowest BCUT2D eigenvalue weighted by Crippen LogP contribution is -2.53. The smallest absolute Gasteiger partial charge is 0.326 e. The van der Waals surface area contributed by atoms with Gasteiger partial charge in [0.25, 0.3) is 0 Å². The Labute approximate surface area is 385 Å². The first-order chi connectivity index (χ1) is 30.9. The summed E-state index contributed by atoms with van der Waals surface area (Å²) in [5.41, 5.74) is 1.70. The zero-order valence-electron chi connectivity index (χ0n) is 37.2. The van der Waals surface area contributed by atoms with Crippen molar-refractivity contribution in [1.82, 2.24) is 40.9 Å². The van der Waals surface area contributed by atoms with E-state index in [-0.39, 0.29) is 62.6 Å². The molecule has 1 aliphatic rings. The fourth-order valence-corrected chi connectivity index (χ4v) is 7.44. The lowest BCUT2D eigenvalue weighted by molar-refractivity contribution is -0.140. The van der Waals surface area contributed by atoms with Crippen LogP contribution in [0.1, 0.15) is 63.4 Å². The molecule has 65 heavy (non-hydrogen) atoms. The summed E-state index contributed by atoms with van der Waals surface area (Å²) in [5, 5.41) is 71.5. The predicted octanol–water partition coefficient (Wildman–Crippen LogP) is 1.88. The molecule has 0 aromatic heterocycles. The molecule has 21 nitrogen and oxygen atoms in total. The number of thiocarbonyl (C=S) groups is 1. The number of nitrogens with one attached hydrogen (secondary N) is 5. The molecule has 0 radical (unpaired) electrons. The minimum atomic E-state index is -1.25. The second kappa shape index (κ2) is 31.3. The molecule has 0 aliphatic carbocycles. The van der Waals surface area contributed by atoms with Gasteiger partial charge in [0.1, 0.15) is 12.6 Å². The third kappa shape index (κ3) is 26.7. The van der Waals surface area contributed by atoms with Gasteiger partial charge in [-0.15, -0.1) is 0 Å². The fraction of sp³-hybridized carbons (Fsp3) is 0.605. The highest BCUT2D eigenvalue weighted by atomic mass is 32.1. The van der Waals surface area contributed by atoms with Crippen molar-refractivity contribution in [2.24, 2.45) is 0 Å². The van der Waals surface area contributed by atoms with Crippen molar-refractivity contribution in [3.63, 3.8) is 0 Å². The maximum absolute atomic E-state index is 12.2. The second-order valence-corrected chi connectivity index (χ2v) is 16.5. The largest absolute Gasteiger partial charge is 0.512 e. The Balaban J connectivity index is 1.81. The Morgan fingerprint density at radius 3 is 1.82 bits per heavy atom. The number of anilines is 1. The van der Waals surface area contributed by atoms with Crippen LogP contribution in [0.5, 0.6) is 0 Å². The standard InChI is InChI=1S/C43H69N9O12S/c1-31(53)26-49-18-19-50(29-39(58)59)22-23-52(30-40(60)61)35(28-51(21-20-49)27-32(2)54)24-33-12-14-34(15-13-33)47-43(65)45-17-8-5-3-4-6-11-37(55)44-16-9-7-10-36(41(62)63)48-42(64)46-25-38(56)57/h12-15,35-36,53-54H,1-11,16-30H2,(H,44,55)(H,56,57)(H,58,59)(H,60,61)(H,62,63)(H2,45,47,65)(H2,46,48,64)/t35?,36-/m0/s1. The normalized spacial score (nSPS) is 16.2. The van der Waals surface area contributed by atoms with Crippen molar-refractivity contribution in [2.45, 2.75) is 76.3 Å². The van der Waals surface area contributed by atoms with E-state index in [2.05, 4.69) is 39.7 Å². The summed E-state index contributed by atoms with van der Waals surface area (Å²) in [5.74, 6) is -4.64. The summed E-state index contributed by atoms with van der Waals surface area (Å²) >= 11 is 5.51. The lowest BCUT2D eigenvalue weighted by Gasteiger charge is -2.38. The number of unbranched alkanes of at least 4 members (excludes halogenated alkanes) is 5. The summed E-state index contributed by atoms with van der Waals surface area (Å²) in [4.78, 5) is 77.2. The lowest BCUT2D eigenvalue weighted by atomic mass is 10.0.